The molecule has 1 aliphatic carbocycles. The molecule has 3 aromatic carbocycles. The molecule has 1 aromatic heterocycles. The zero-order valence-electron chi connectivity index (χ0n) is 26.9. The molecule has 4 aromatic rings. The first-order valence-corrected chi connectivity index (χ1v) is 17.3. The summed E-state index contributed by atoms with van der Waals surface area (Å²) in [4.78, 5) is 14.3. The highest BCUT2D eigenvalue weighted by Gasteiger charge is 2.48. The van der Waals surface area contributed by atoms with E-state index in [0.29, 0.717) is 35.3 Å². The third kappa shape index (κ3) is 5.34. The van der Waals surface area contributed by atoms with Crippen molar-refractivity contribution in [3.05, 3.63) is 53.8 Å². The Bertz CT molecular complexity index is 1900. The summed E-state index contributed by atoms with van der Waals surface area (Å²) in [5.74, 6) is -2.41. The number of fused-ring (bicyclic) bond motifs is 4. The van der Waals surface area contributed by atoms with Gasteiger partial charge in [0.2, 0.25) is 0 Å². The molecule has 1 saturated carbocycles. The molecule has 2 N–H and O–H groups in total. The van der Waals surface area contributed by atoms with Crippen molar-refractivity contribution >= 4 is 27.5 Å². The van der Waals surface area contributed by atoms with Gasteiger partial charge in [0.1, 0.15) is 17.1 Å². The van der Waals surface area contributed by atoms with E-state index in [4.69, 9.17) is 14.5 Å². The van der Waals surface area contributed by atoms with E-state index >= 15 is 8.78 Å². The van der Waals surface area contributed by atoms with Crippen LogP contribution in [0, 0.1) is 28.3 Å². The molecule has 252 valence electrons. The van der Waals surface area contributed by atoms with E-state index in [1.807, 2.05) is 0 Å². The SMILES string of the molecule is Oc1cc(-c2ccc3c(N4CC5CCC(C4)N5)nc(OCC4(CN5CCC6(CCOCC6)C5)CC4)nc3c2F)c2c(F)c(F)ccc2c1. The van der Waals surface area contributed by atoms with Crippen molar-refractivity contribution in [3.8, 4) is 22.9 Å². The number of aromatic hydroxyl groups is 1. The molecule has 4 aliphatic heterocycles. The number of nitrogens with zero attached hydrogens (tertiary/aromatic N) is 4. The minimum atomic E-state index is -1.10. The number of likely N-dealkylation sites (tertiary alicyclic amines) is 1. The lowest BCUT2D eigenvalue weighted by molar-refractivity contribution is 0.0179. The molecule has 2 atom stereocenters. The molecule has 0 radical (unpaired) electrons. The molecular formula is C37H40F3N5O3. The van der Waals surface area contributed by atoms with Gasteiger partial charge in [-0.2, -0.15) is 9.97 Å². The van der Waals surface area contributed by atoms with Gasteiger partial charge in [-0.05, 0) is 92.1 Å². The van der Waals surface area contributed by atoms with Crippen molar-refractivity contribution in [3.63, 3.8) is 0 Å². The highest BCUT2D eigenvalue weighted by atomic mass is 19.2. The Morgan fingerprint density at radius 3 is 2.48 bits per heavy atom. The van der Waals surface area contributed by atoms with Crippen molar-refractivity contribution in [2.24, 2.45) is 10.8 Å². The third-order valence-corrected chi connectivity index (χ3v) is 11.7. The van der Waals surface area contributed by atoms with Gasteiger partial charge in [0.25, 0.3) is 0 Å². The molecule has 2 bridgehead atoms. The number of aromatic nitrogens is 2. The van der Waals surface area contributed by atoms with Gasteiger partial charge in [-0.25, -0.2) is 13.2 Å². The molecule has 48 heavy (non-hydrogen) atoms. The number of hydrogen-bond acceptors (Lipinski definition) is 8. The van der Waals surface area contributed by atoms with Crippen LogP contribution in [0.1, 0.15) is 44.9 Å². The zero-order chi connectivity index (χ0) is 32.6. The Morgan fingerprint density at radius 1 is 0.917 bits per heavy atom. The standard InChI is InChI=1S/C37H40F3N5O3/c38-29-6-1-22-15-25(46)16-28(30(22)32(29)40)26-4-5-27-33(31(26)39)42-35(43-34(27)45-17-23-2-3-24(18-45)41-23)48-21-37(7-8-37)20-44-12-9-36(19-44)10-13-47-14-11-36/h1,4-6,15-16,23-24,41,46H,2-3,7-14,17-21H2. The Balaban J connectivity index is 1.07. The molecule has 1 spiro atoms. The molecule has 0 amide bonds. The summed E-state index contributed by atoms with van der Waals surface area (Å²) in [6.45, 7) is 6.77. The van der Waals surface area contributed by atoms with Crippen LogP contribution in [0.25, 0.3) is 32.8 Å². The Kier molecular flexibility index (Phi) is 7.25. The molecule has 2 unspecified atom stereocenters. The fraction of sp³-hybridized carbons (Fsp3) is 0.514. The molecular weight excluding hydrogens is 619 g/mol. The summed E-state index contributed by atoms with van der Waals surface area (Å²) >= 11 is 0. The number of anilines is 1. The quantitative estimate of drug-likeness (QED) is 0.244. The summed E-state index contributed by atoms with van der Waals surface area (Å²) < 4.78 is 58.4. The highest BCUT2D eigenvalue weighted by Crippen LogP contribution is 2.49. The molecule has 9 rings (SSSR count). The van der Waals surface area contributed by atoms with Gasteiger partial charge in [0.15, 0.2) is 17.5 Å². The van der Waals surface area contributed by atoms with E-state index in [0.717, 1.165) is 90.5 Å². The van der Waals surface area contributed by atoms with Crippen molar-refractivity contribution in [1.29, 1.82) is 0 Å². The Morgan fingerprint density at radius 2 is 1.71 bits per heavy atom. The van der Waals surface area contributed by atoms with E-state index in [9.17, 15) is 9.50 Å². The molecule has 4 saturated heterocycles. The van der Waals surface area contributed by atoms with Crippen LogP contribution in [0.4, 0.5) is 19.0 Å². The van der Waals surface area contributed by atoms with E-state index in [-0.39, 0.29) is 44.6 Å². The van der Waals surface area contributed by atoms with Crippen molar-refractivity contribution in [2.75, 3.05) is 57.4 Å². The number of nitrogens with one attached hydrogen (secondary N) is 1. The number of ether oxygens (including phenoxy) is 2. The monoisotopic (exact) mass is 659 g/mol. The minimum Gasteiger partial charge on any atom is -0.508 e. The molecule has 5 heterocycles. The number of piperazine rings is 1. The molecule has 8 nitrogen and oxygen atoms in total. The van der Waals surface area contributed by atoms with E-state index in [2.05, 4.69) is 20.1 Å². The first-order valence-electron chi connectivity index (χ1n) is 17.3. The van der Waals surface area contributed by atoms with E-state index < -0.39 is 17.5 Å². The lowest BCUT2D eigenvalue weighted by Crippen LogP contribution is -2.51. The van der Waals surface area contributed by atoms with Crippen LogP contribution in [0.5, 0.6) is 11.8 Å². The van der Waals surface area contributed by atoms with Crippen LogP contribution in [-0.4, -0.2) is 84.6 Å². The maximum absolute atomic E-state index is 16.8. The second kappa shape index (κ2) is 11.5. The predicted octanol–water partition coefficient (Wildman–Crippen LogP) is 6.18. The molecule has 11 heteroatoms. The highest BCUT2D eigenvalue weighted by molar-refractivity contribution is 6.01. The summed E-state index contributed by atoms with van der Waals surface area (Å²) in [6, 6.07) is 9.03. The van der Waals surface area contributed by atoms with Gasteiger partial charge in [-0.1, -0.05) is 12.1 Å². The van der Waals surface area contributed by atoms with Gasteiger partial charge in [-0.3, -0.25) is 0 Å². The van der Waals surface area contributed by atoms with Crippen LogP contribution in [-0.2, 0) is 4.74 Å². The number of rotatable bonds is 7. The Labute approximate surface area is 277 Å². The fourth-order valence-corrected chi connectivity index (χ4v) is 8.79. The van der Waals surface area contributed by atoms with Gasteiger partial charge in [0, 0.05) is 73.2 Å². The van der Waals surface area contributed by atoms with Crippen molar-refractivity contribution in [1.82, 2.24) is 20.2 Å². The largest absolute Gasteiger partial charge is 0.508 e. The van der Waals surface area contributed by atoms with Crippen LogP contribution in [0.2, 0.25) is 0 Å². The summed E-state index contributed by atoms with van der Waals surface area (Å²) in [7, 11) is 0. The molecule has 5 aliphatic rings. The summed E-state index contributed by atoms with van der Waals surface area (Å²) in [5.41, 5.74) is 0.510. The van der Waals surface area contributed by atoms with Gasteiger partial charge < -0.3 is 29.7 Å². The van der Waals surface area contributed by atoms with Gasteiger partial charge >= 0.3 is 6.01 Å². The number of phenolic OH excluding ortho intramolecular Hbond substituents is 1. The summed E-state index contributed by atoms with van der Waals surface area (Å²) in [6.07, 6.45) is 7.74. The van der Waals surface area contributed by atoms with Gasteiger partial charge in [-0.15, -0.1) is 0 Å². The lowest BCUT2D eigenvalue weighted by Gasteiger charge is -2.34. The van der Waals surface area contributed by atoms with Crippen LogP contribution in [0.3, 0.4) is 0 Å². The maximum atomic E-state index is 16.8. The van der Waals surface area contributed by atoms with E-state index in [1.54, 1.807) is 12.1 Å². The summed E-state index contributed by atoms with van der Waals surface area (Å²) in [5, 5.41) is 14.8. The lowest BCUT2D eigenvalue weighted by atomic mass is 9.80. The zero-order valence-corrected chi connectivity index (χ0v) is 26.9. The van der Waals surface area contributed by atoms with Crippen molar-refractivity contribution < 1.29 is 27.8 Å². The van der Waals surface area contributed by atoms with Crippen LogP contribution in [0.15, 0.2) is 36.4 Å². The third-order valence-electron chi connectivity index (χ3n) is 11.7. The van der Waals surface area contributed by atoms with E-state index in [1.165, 1.54) is 24.6 Å². The van der Waals surface area contributed by atoms with Crippen molar-refractivity contribution in [2.45, 2.75) is 57.0 Å². The number of hydrogen-bond donors (Lipinski definition) is 2. The smallest absolute Gasteiger partial charge is 0.319 e. The average Bonchev–Trinajstić information content (AvgIpc) is 3.63. The van der Waals surface area contributed by atoms with Gasteiger partial charge in [0.05, 0.1) is 6.61 Å². The fourth-order valence-electron chi connectivity index (χ4n) is 8.79. The number of phenols is 1. The van der Waals surface area contributed by atoms with Crippen LogP contribution >= 0.6 is 0 Å². The number of halogens is 3. The Hall–Kier alpha value is -3.67. The second-order valence-corrected chi connectivity index (χ2v) is 15.0. The second-order valence-electron chi connectivity index (χ2n) is 15.0. The molecule has 5 fully saturated rings. The maximum Gasteiger partial charge on any atom is 0.319 e. The number of benzene rings is 3. The van der Waals surface area contributed by atoms with Crippen LogP contribution < -0.4 is 15.0 Å². The predicted molar refractivity (Wildman–Crippen MR) is 177 cm³/mol. The minimum absolute atomic E-state index is 0.0126. The topological polar surface area (TPSA) is 83.0 Å². The first-order chi connectivity index (χ1) is 23.3. The first kappa shape index (κ1) is 30.4. The average molecular weight is 660 g/mol. The normalized spacial score (nSPS) is 24.6.